The SMILES string of the molecule is COc1ccc(C(=O)NCc2ccccc2Cl)cc1CN(c1ccc(F)cc1)S(C)(=O)=O. The molecule has 0 bridgehead atoms. The van der Waals surface area contributed by atoms with Crippen molar-refractivity contribution in [3.05, 3.63) is 94.3 Å². The standard InChI is InChI=1S/C23H22ClFN2O4S/c1-31-22-12-7-16(23(28)26-14-17-5-3-4-6-21(17)24)13-18(22)15-27(32(2,29)30)20-10-8-19(25)9-11-20/h3-13H,14-15H2,1-2H3,(H,26,28). The monoisotopic (exact) mass is 476 g/mol. The predicted molar refractivity (Wildman–Crippen MR) is 123 cm³/mol. The first-order chi connectivity index (χ1) is 15.2. The van der Waals surface area contributed by atoms with Crippen LogP contribution in [-0.4, -0.2) is 27.7 Å². The highest BCUT2D eigenvalue weighted by Crippen LogP contribution is 2.27. The molecule has 0 atom stereocenters. The van der Waals surface area contributed by atoms with Crippen LogP contribution in [0.2, 0.25) is 5.02 Å². The molecule has 6 nitrogen and oxygen atoms in total. The number of halogens is 2. The number of nitrogens with one attached hydrogen (secondary N) is 1. The number of ether oxygens (including phenoxy) is 1. The minimum absolute atomic E-state index is 0.0979. The molecular weight excluding hydrogens is 455 g/mol. The minimum Gasteiger partial charge on any atom is -0.496 e. The summed E-state index contributed by atoms with van der Waals surface area (Å²) < 4.78 is 44.7. The molecule has 0 aliphatic carbocycles. The van der Waals surface area contributed by atoms with Crippen molar-refractivity contribution >= 4 is 33.2 Å². The van der Waals surface area contributed by atoms with Crippen LogP contribution in [0.5, 0.6) is 5.75 Å². The molecule has 0 spiro atoms. The summed E-state index contributed by atoms with van der Waals surface area (Å²) in [6.45, 7) is 0.143. The van der Waals surface area contributed by atoms with Crippen LogP contribution >= 0.6 is 11.6 Å². The van der Waals surface area contributed by atoms with Crippen molar-refractivity contribution in [1.29, 1.82) is 0 Å². The first-order valence-electron chi connectivity index (χ1n) is 9.61. The maximum atomic E-state index is 13.3. The molecule has 0 aliphatic heterocycles. The lowest BCUT2D eigenvalue weighted by atomic mass is 10.1. The van der Waals surface area contributed by atoms with Crippen molar-refractivity contribution in [1.82, 2.24) is 5.32 Å². The number of hydrogen-bond donors (Lipinski definition) is 1. The van der Waals surface area contributed by atoms with Gasteiger partial charge in [-0.3, -0.25) is 9.10 Å². The Labute approximate surface area is 191 Å². The van der Waals surface area contributed by atoms with Gasteiger partial charge < -0.3 is 10.1 Å². The lowest BCUT2D eigenvalue weighted by molar-refractivity contribution is 0.0951. The molecule has 0 unspecified atom stereocenters. The van der Waals surface area contributed by atoms with Gasteiger partial charge in [-0.2, -0.15) is 0 Å². The van der Waals surface area contributed by atoms with E-state index in [1.165, 1.54) is 31.4 Å². The van der Waals surface area contributed by atoms with Crippen molar-refractivity contribution in [3.8, 4) is 5.75 Å². The molecule has 0 aliphatic rings. The van der Waals surface area contributed by atoms with E-state index < -0.39 is 15.8 Å². The second-order valence-corrected chi connectivity index (χ2v) is 9.36. The number of benzene rings is 3. The topological polar surface area (TPSA) is 75.7 Å². The molecule has 0 saturated heterocycles. The van der Waals surface area contributed by atoms with Crippen LogP contribution in [-0.2, 0) is 23.1 Å². The Morgan fingerprint density at radius 2 is 1.75 bits per heavy atom. The van der Waals surface area contributed by atoms with E-state index in [1.54, 1.807) is 30.3 Å². The van der Waals surface area contributed by atoms with E-state index in [2.05, 4.69) is 5.32 Å². The van der Waals surface area contributed by atoms with E-state index in [1.807, 2.05) is 12.1 Å². The third-order valence-electron chi connectivity index (χ3n) is 4.77. The van der Waals surface area contributed by atoms with Crippen LogP contribution in [0.25, 0.3) is 0 Å². The number of amides is 1. The summed E-state index contributed by atoms with van der Waals surface area (Å²) in [6.07, 6.45) is 1.06. The van der Waals surface area contributed by atoms with Crippen molar-refractivity contribution in [2.45, 2.75) is 13.1 Å². The molecule has 3 aromatic rings. The van der Waals surface area contributed by atoms with Gasteiger partial charge in [-0.15, -0.1) is 0 Å². The van der Waals surface area contributed by atoms with Gasteiger partial charge in [0.25, 0.3) is 5.91 Å². The van der Waals surface area contributed by atoms with Gasteiger partial charge in [0.05, 0.1) is 25.6 Å². The van der Waals surface area contributed by atoms with Crippen molar-refractivity contribution < 1.29 is 22.3 Å². The normalized spacial score (nSPS) is 11.1. The highest BCUT2D eigenvalue weighted by molar-refractivity contribution is 7.92. The number of sulfonamides is 1. The van der Waals surface area contributed by atoms with Crippen molar-refractivity contribution in [3.63, 3.8) is 0 Å². The number of methoxy groups -OCH3 is 1. The average molecular weight is 477 g/mol. The molecule has 0 fully saturated rings. The summed E-state index contributed by atoms with van der Waals surface area (Å²) in [7, 11) is -2.24. The van der Waals surface area contributed by atoms with Crippen LogP contribution in [0.3, 0.4) is 0 Å². The highest BCUT2D eigenvalue weighted by Gasteiger charge is 2.21. The number of carbonyl (C=O) groups is 1. The maximum Gasteiger partial charge on any atom is 0.251 e. The third kappa shape index (κ3) is 5.77. The molecule has 0 heterocycles. The van der Waals surface area contributed by atoms with Crippen LogP contribution in [0.1, 0.15) is 21.5 Å². The van der Waals surface area contributed by atoms with Gasteiger partial charge in [0.15, 0.2) is 0 Å². The van der Waals surface area contributed by atoms with Crippen LogP contribution in [0.15, 0.2) is 66.7 Å². The molecule has 1 N–H and O–H groups in total. The average Bonchev–Trinajstić information content (AvgIpc) is 2.76. The number of hydrogen-bond acceptors (Lipinski definition) is 4. The van der Waals surface area contributed by atoms with E-state index >= 15 is 0 Å². The van der Waals surface area contributed by atoms with E-state index in [0.29, 0.717) is 27.6 Å². The van der Waals surface area contributed by atoms with Gasteiger partial charge in [-0.1, -0.05) is 29.8 Å². The fourth-order valence-electron chi connectivity index (χ4n) is 3.12. The fraction of sp³-hybridized carbons (Fsp3) is 0.174. The Kier molecular flexibility index (Phi) is 7.37. The summed E-state index contributed by atoms with van der Waals surface area (Å²) >= 11 is 6.13. The van der Waals surface area contributed by atoms with Gasteiger partial charge in [0.1, 0.15) is 11.6 Å². The van der Waals surface area contributed by atoms with Crippen LogP contribution < -0.4 is 14.4 Å². The Morgan fingerprint density at radius 3 is 2.38 bits per heavy atom. The maximum absolute atomic E-state index is 13.3. The van der Waals surface area contributed by atoms with E-state index in [-0.39, 0.29) is 19.0 Å². The second kappa shape index (κ2) is 10.0. The summed E-state index contributed by atoms with van der Waals surface area (Å²) in [4.78, 5) is 12.7. The van der Waals surface area contributed by atoms with Gasteiger partial charge in [-0.25, -0.2) is 12.8 Å². The zero-order valence-corrected chi connectivity index (χ0v) is 19.1. The zero-order chi connectivity index (χ0) is 23.3. The van der Waals surface area contributed by atoms with E-state index in [4.69, 9.17) is 16.3 Å². The zero-order valence-electron chi connectivity index (χ0n) is 17.5. The number of rotatable bonds is 8. The highest BCUT2D eigenvalue weighted by atomic mass is 35.5. The molecule has 3 aromatic carbocycles. The largest absolute Gasteiger partial charge is 0.496 e. The van der Waals surface area contributed by atoms with Crippen LogP contribution in [0.4, 0.5) is 10.1 Å². The smallest absolute Gasteiger partial charge is 0.251 e. The molecule has 168 valence electrons. The summed E-state index contributed by atoms with van der Waals surface area (Å²) in [5.74, 6) is -0.401. The van der Waals surface area contributed by atoms with Crippen molar-refractivity contribution in [2.75, 3.05) is 17.7 Å². The lowest BCUT2D eigenvalue weighted by Gasteiger charge is -2.24. The number of nitrogens with zero attached hydrogens (tertiary/aromatic N) is 1. The van der Waals surface area contributed by atoms with Crippen molar-refractivity contribution in [2.24, 2.45) is 0 Å². The Hall–Kier alpha value is -3.10. The number of carbonyl (C=O) groups excluding carboxylic acids is 1. The second-order valence-electron chi connectivity index (χ2n) is 7.05. The lowest BCUT2D eigenvalue weighted by Crippen LogP contribution is -2.30. The summed E-state index contributed by atoms with van der Waals surface area (Å²) in [6, 6.07) is 17.1. The minimum atomic E-state index is -3.70. The first kappa shape index (κ1) is 23.6. The quantitative estimate of drug-likeness (QED) is 0.523. The molecule has 3 rings (SSSR count). The Morgan fingerprint density at radius 1 is 1.06 bits per heavy atom. The molecule has 0 saturated carbocycles. The Bertz CT molecular complexity index is 1220. The van der Waals surface area contributed by atoms with Crippen LogP contribution in [0, 0.1) is 5.82 Å². The predicted octanol–water partition coefficient (Wildman–Crippen LogP) is 4.38. The Balaban J connectivity index is 1.87. The molecular formula is C23H22ClFN2O4S. The molecule has 0 radical (unpaired) electrons. The molecule has 9 heteroatoms. The third-order valence-corrected chi connectivity index (χ3v) is 6.28. The molecule has 32 heavy (non-hydrogen) atoms. The fourth-order valence-corrected chi connectivity index (χ4v) is 4.21. The van der Waals surface area contributed by atoms with Gasteiger partial charge >= 0.3 is 0 Å². The van der Waals surface area contributed by atoms with Gasteiger partial charge in [-0.05, 0) is 54.1 Å². The molecule has 0 aromatic heterocycles. The number of anilines is 1. The van der Waals surface area contributed by atoms with E-state index in [9.17, 15) is 17.6 Å². The summed E-state index contributed by atoms with van der Waals surface area (Å²) in [5.41, 5.74) is 1.88. The first-order valence-corrected chi connectivity index (χ1v) is 11.8. The van der Waals surface area contributed by atoms with Gasteiger partial charge in [0, 0.05) is 22.7 Å². The van der Waals surface area contributed by atoms with Gasteiger partial charge in [0.2, 0.25) is 10.0 Å². The van der Waals surface area contributed by atoms with E-state index in [0.717, 1.165) is 16.1 Å². The molecule has 1 amide bonds. The summed E-state index contributed by atoms with van der Waals surface area (Å²) in [5, 5.41) is 3.35.